The average Bonchev–Trinajstić information content (AvgIpc) is 3.05. The molecular formula is C25H25Cl2N3O2. The van der Waals surface area contributed by atoms with Crippen LogP contribution in [0.3, 0.4) is 0 Å². The molecule has 0 saturated heterocycles. The van der Waals surface area contributed by atoms with Gasteiger partial charge in [-0.3, -0.25) is 4.98 Å². The number of hydrogen-bond acceptors (Lipinski definition) is 5. The Morgan fingerprint density at radius 1 is 0.906 bits per heavy atom. The minimum atomic E-state index is -1.34. The highest BCUT2D eigenvalue weighted by molar-refractivity contribution is 6.33. The predicted molar refractivity (Wildman–Crippen MR) is 130 cm³/mol. The maximum Gasteiger partial charge on any atom is 0.341 e. The summed E-state index contributed by atoms with van der Waals surface area (Å²) in [5.41, 5.74) is 3.65. The van der Waals surface area contributed by atoms with Gasteiger partial charge in [0.1, 0.15) is 5.69 Å². The van der Waals surface area contributed by atoms with Gasteiger partial charge in [0.25, 0.3) is 0 Å². The maximum absolute atomic E-state index is 13.1. The molecule has 1 aliphatic rings. The van der Waals surface area contributed by atoms with Crippen molar-refractivity contribution in [2.45, 2.75) is 18.9 Å². The third kappa shape index (κ3) is 3.50. The van der Waals surface area contributed by atoms with E-state index < -0.39 is 11.6 Å². The van der Waals surface area contributed by atoms with Gasteiger partial charge in [-0.05, 0) is 42.3 Å². The molecule has 0 aliphatic carbocycles. The standard InChI is InChI=1S/C25H25Cl2N3O2/c1-6-15-11-18-23(28-14-15)25(32-24(18)31,19-9-7-16(29(2)3)12-21(19)26)20-10-8-17(30(4)5)13-22(20)27/h7-14H,6H2,1-5H3. The summed E-state index contributed by atoms with van der Waals surface area (Å²) in [6.07, 6.45) is 2.54. The number of fused-ring (bicyclic) bond motifs is 1. The van der Waals surface area contributed by atoms with Crippen molar-refractivity contribution < 1.29 is 9.53 Å². The first-order valence-electron chi connectivity index (χ1n) is 10.4. The molecular weight excluding hydrogens is 445 g/mol. The second kappa shape index (κ2) is 8.30. The molecule has 7 heteroatoms. The molecule has 0 bridgehead atoms. The summed E-state index contributed by atoms with van der Waals surface area (Å²) in [6, 6.07) is 13.2. The number of anilines is 2. The van der Waals surface area contributed by atoms with E-state index in [1.165, 1.54) is 0 Å². The second-order valence-corrected chi connectivity index (χ2v) is 9.10. The Morgan fingerprint density at radius 2 is 1.44 bits per heavy atom. The third-order valence-electron chi connectivity index (χ3n) is 5.85. The zero-order valence-corrected chi connectivity index (χ0v) is 20.3. The lowest BCUT2D eigenvalue weighted by Crippen LogP contribution is -2.31. The molecule has 0 atom stereocenters. The lowest BCUT2D eigenvalue weighted by molar-refractivity contribution is 0.0244. The van der Waals surface area contributed by atoms with E-state index in [1.807, 2.05) is 87.4 Å². The number of hydrogen-bond donors (Lipinski definition) is 0. The van der Waals surface area contributed by atoms with Crippen LogP contribution in [0, 0.1) is 0 Å². The number of aryl methyl sites for hydroxylation is 1. The number of benzene rings is 2. The first-order chi connectivity index (χ1) is 15.2. The second-order valence-electron chi connectivity index (χ2n) is 8.28. The van der Waals surface area contributed by atoms with Crippen LogP contribution in [0.2, 0.25) is 10.0 Å². The number of rotatable bonds is 5. The summed E-state index contributed by atoms with van der Waals surface area (Å²) >= 11 is 13.6. The van der Waals surface area contributed by atoms with Gasteiger partial charge in [0.15, 0.2) is 0 Å². The lowest BCUT2D eigenvalue weighted by atomic mass is 9.82. The number of nitrogens with zero attached hydrogens (tertiary/aromatic N) is 3. The Balaban J connectivity index is 2.04. The van der Waals surface area contributed by atoms with Crippen LogP contribution in [0.15, 0.2) is 48.7 Å². The summed E-state index contributed by atoms with van der Waals surface area (Å²) in [5.74, 6) is -0.441. The highest BCUT2D eigenvalue weighted by Crippen LogP contribution is 2.51. The molecule has 0 fully saturated rings. The number of ether oxygens (including phenoxy) is 1. The van der Waals surface area contributed by atoms with Crippen molar-refractivity contribution in [2.75, 3.05) is 38.0 Å². The van der Waals surface area contributed by atoms with E-state index in [1.54, 1.807) is 6.20 Å². The van der Waals surface area contributed by atoms with Crippen molar-refractivity contribution in [3.8, 4) is 0 Å². The number of carbonyl (C=O) groups excluding carboxylic acids is 1. The van der Waals surface area contributed by atoms with Gasteiger partial charge in [-0.2, -0.15) is 0 Å². The summed E-state index contributed by atoms with van der Waals surface area (Å²) in [6.45, 7) is 2.02. The molecule has 32 heavy (non-hydrogen) atoms. The topological polar surface area (TPSA) is 45.7 Å². The first kappa shape index (κ1) is 22.4. The van der Waals surface area contributed by atoms with Crippen LogP contribution in [0.25, 0.3) is 0 Å². The molecule has 1 aromatic heterocycles. The van der Waals surface area contributed by atoms with Gasteiger partial charge >= 0.3 is 5.97 Å². The van der Waals surface area contributed by atoms with Gasteiger partial charge in [-0.1, -0.05) is 42.3 Å². The van der Waals surface area contributed by atoms with E-state index in [2.05, 4.69) is 0 Å². The van der Waals surface area contributed by atoms with Gasteiger partial charge in [0.2, 0.25) is 5.60 Å². The maximum atomic E-state index is 13.1. The fraction of sp³-hybridized carbons (Fsp3) is 0.280. The molecule has 5 nitrogen and oxygen atoms in total. The number of carbonyl (C=O) groups is 1. The first-order valence-corrected chi connectivity index (χ1v) is 11.1. The van der Waals surface area contributed by atoms with E-state index in [9.17, 15) is 4.79 Å². The Bertz CT molecular complexity index is 1150. The van der Waals surface area contributed by atoms with Crippen LogP contribution in [0.5, 0.6) is 0 Å². The van der Waals surface area contributed by atoms with Crippen LogP contribution in [0.4, 0.5) is 11.4 Å². The highest BCUT2D eigenvalue weighted by atomic mass is 35.5. The molecule has 3 aromatic rings. The average molecular weight is 470 g/mol. The van der Waals surface area contributed by atoms with E-state index in [-0.39, 0.29) is 0 Å². The molecule has 0 N–H and O–H groups in total. The van der Waals surface area contributed by atoms with E-state index in [4.69, 9.17) is 32.9 Å². The highest BCUT2D eigenvalue weighted by Gasteiger charge is 2.52. The van der Waals surface area contributed by atoms with Crippen molar-refractivity contribution >= 4 is 40.5 Å². The number of esters is 1. The third-order valence-corrected chi connectivity index (χ3v) is 6.47. The normalized spacial score (nSPS) is 14.2. The smallest absolute Gasteiger partial charge is 0.341 e. The van der Waals surface area contributed by atoms with Crippen molar-refractivity contribution in [1.82, 2.24) is 4.98 Å². The number of aromatic nitrogens is 1. The fourth-order valence-electron chi connectivity index (χ4n) is 4.03. The number of cyclic esters (lactones) is 1. The molecule has 2 aromatic carbocycles. The van der Waals surface area contributed by atoms with E-state index in [0.717, 1.165) is 23.4 Å². The molecule has 166 valence electrons. The fourth-order valence-corrected chi connectivity index (χ4v) is 4.64. The summed E-state index contributed by atoms with van der Waals surface area (Å²) in [5, 5.41) is 0.928. The molecule has 0 unspecified atom stereocenters. The minimum absolute atomic E-state index is 0.435. The monoisotopic (exact) mass is 469 g/mol. The van der Waals surface area contributed by atoms with Crippen LogP contribution in [-0.2, 0) is 16.8 Å². The Hall–Kier alpha value is -2.76. The van der Waals surface area contributed by atoms with Crippen molar-refractivity contribution in [3.05, 3.63) is 86.7 Å². The van der Waals surface area contributed by atoms with Crippen molar-refractivity contribution in [2.24, 2.45) is 0 Å². The molecule has 0 saturated carbocycles. The van der Waals surface area contributed by atoms with Crippen molar-refractivity contribution in [1.29, 1.82) is 0 Å². The molecule has 1 aliphatic heterocycles. The van der Waals surface area contributed by atoms with Crippen LogP contribution in [-0.4, -0.2) is 39.1 Å². The summed E-state index contributed by atoms with van der Waals surface area (Å²) < 4.78 is 6.16. The molecule has 4 rings (SSSR count). The van der Waals surface area contributed by atoms with Gasteiger partial charge in [0.05, 0.1) is 15.6 Å². The zero-order valence-electron chi connectivity index (χ0n) is 18.7. The van der Waals surface area contributed by atoms with Gasteiger partial charge in [0, 0.05) is 56.9 Å². The Labute approximate surface area is 198 Å². The number of pyridine rings is 1. The summed E-state index contributed by atoms with van der Waals surface area (Å²) in [4.78, 5) is 21.7. The molecule has 0 spiro atoms. The quantitative estimate of drug-likeness (QED) is 0.458. The van der Waals surface area contributed by atoms with Crippen molar-refractivity contribution in [3.63, 3.8) is 0 Å². The Morgan fingerprint density at radius 3 is 1.88 bits per heavy atom. The summed E-state index contributed by atoms with van der Waals surface area (Å²) in [7, 11) is 7.76. The van der Waals surface area contributed by atoms with Crippen LogP contribution in [0.1, 0.15) is 39.7 Å². The molecule has 2 heterocycles. The van der Waals surface area contributed by atoms with E-state index >= 15 is 0 Å². The van der Waals surface area contributed by atoms with Gasteiger partial charge in [-0.25, -0.2) is 4.79 Å². The van der Waals surface area contributed by atoms with Crippen LogP contribution < -0.4 is 9.80 Å². The Kier molecular flexibility index (Phi) is 5.82. The van der Waals surface area contributed by atoms with Crippen LogP contribution >= 0.6 is 23.2 Å². The van der Waals surface area contributed by atoms with Gasteiger partial charge in [-0.15, -0.1) is 0 Å². The number of halogens is 2. The predicted octanol–water partition coefficient (Wildman–Crippen LogP) is 5.55. The minimum Gasteiger partial charge on any atom is -0.439 e. The van der Waals surface area contributed by atoms with Gasteiger partial charge < -0.3 is 14.5 Å². The largest absolute Gasteiger partial charge is 0.439 e. The van der Waals surface area contributed by atoms with E-state index in [0.29, 0.717) is 32.4 Å². The molecule has 0 radical (unpaired) electrons. The lowest BCUT2D eigenvalue weighted by Gasteiger charge is -2.31. The SMILES string of the molecule is CCc1cnc2c(c1)C(=O)OC2(c1ccc(N(C)C)cc1Cl)c1ccc(N(C)C)cc1Cl. The zero-order chi connectivity index (χ0) is 23.2. The molecule has 0 amide bonds.